The molecule has 0 unspecified atom stereocenters. The van der Waals surface area contributed by atoms with Gasteiger partial charge in [-0.1, -0.05) is 38.1 Å². The van der Waals surface area contributed by atoms with Crippen LogP contribution < -0.4 is 10.1 Å². The lowest BCUT2D eigenvalue weighted by molar-refractivity contribution is -0.151. The number of carbonyl (C=O) groups excluding carboxylic acids is 2. The molecule has 1 aliphatic rings. The van der Waals surface area contributed by atoms with Gasteiger partial charge >= 0.3 is 0 Å². The fraction of sp³-hybridized carbons (Fsp3) is 0.441. The number of amides is 2. The van der Waals surface area contributed by atoms with E-state index < -0.39 is 12.1 Å². The van der Waals surface area contributed by atoms with Gasteiger partial charge in [0.2, 0.25) is 11.8 Å². The highest BCUT2D eigenvalue weighted by atomic mass is 19.1. The van der Waals surface area contributed by atoms with Gasteiger partial charge in [-0.05, 0) is 61.2 Å². The van der Waals surface area contributed by atoms with Gasteiger partial charge in [-0.2, -0.15) is 0 Å². The molecule has 4 rings (SSSR count). The maximum Gasteiger partial charge on any atom is 0.244 e. The molecule has 3 atom stereocenters. The number of hydrogen-bond acceptors (Lipinski definition) is 6. The third-order valence-corrected chi connectivity index (χ3v) is 8.13. The fourth-order valence-electron chi connectivity index (χ4n) is 5.73. The molecule has 2 amide bonds. The zero-order chi connectivity index (χ0) is 32.0. The van der Waals surface area contributed by atoms with Crippen molar-refractivity contribution >= 4 is 11.8 Å². The Bertz CT molecular complexity index is 1450. The number of nitrogens with one attached hydrogen (secondary N) is 1. The molecule has 0 saturated carbocycles. The first-order valence-corrected chi connectivity index (χ1v) is 14.9. The second-order valence-electron chi connectivity index (χ2n) is 11.6. The average molecular weight is 609 g/mol. The number of ether oxygens (including phenoxy) is 2. The quantitative estimate of drug-likeness (QED) is 0.318. The van der Waals surface area contributed by atoms with Crippen LogP contribution in [0.25, 0.3) is 11.1 Å². The number of carbonyl (C=O) groups is 2. The van der Waals surface area contributed by atoms with E-state index in [1.165, 1.54) is 13.2 Å². The normalized spacial score (nSPS) is 17.9. The fourth-order valence-corrected chi connectivity index (χ4v) is 5.73. The van der Waals surface area contributed by atoms with Crippen LogP contribution >= 0.6 is 0 Å². The van der Waals surface area contributed by atoms with Crippen LogP contribution in [0.4, 0.5) is 8.78 Å². The van der Waals surface area contributed by atoms with Crippen molar-refractivity contribution in [2.45, 2.75) is 58.8 Å². The van der Waals surface area contributed by atoms with Crippen molar-refractivity contribution in [2.75, 3.05) is 33.9 Å². The van der Waals surface area contributed by atoms with Gasteiger partial charge in [0.15, 0.2) is 0 Å². The van der Waals surface area contributed by atoms with E-state index in [1.807, 2.05) is 37.8 Å². The van der Waals surface area contributed by atoms with E-state index in [0.29, 0.717) is 47.7 Å². The number of benzene rings is 2. The van der Waals surface area contributed by atoms with Gasteiger partial charge in [0.1, 0.15) is 23.4 Å². The second-order valence-corrected chi connectivity index (χ2v) is 11.6. The van der Waals surface area contributed by atoms with E-state index in [-0.39, 0.29) is 48.5 Å². The van der Waals surface area contributed by atoms with E-state index in [0.717, 1.165) is 5.56 Å². The summed E-state index contributed by atoms with van der Waals surface area (Å²) in [4.78, 5) is 35.2. The Morgan fingerprint density at radius 3 is 2.45 bits per heavy atom. The predicted octanol–water partition coefficient (Wildman–Crippen LogP) is 5.30. The third-order valence-electron chi connectivity index (χ3n) is 8.13. The van der Waals surface area contributed by atoms with E-state index in [9.17, 15) is 14.0 Å². The Balaban J connectivity index is 1.56. The number of hydrogen-bond donors (Lipinski definition) is 1. The molecule has 1 aromatic heterocycles. The van der Waals surface area contributed by atoms with Gasteiger partial charge in [-0.25, -0.2) is 8.78 Å². The van der Waals surface area contributed by atoms with Gasteiger partial charge in [0.25, 0.3) is 0 Å². The molecule has 2 heterocycles. The highest BCUT2D eigenvalue weighted by molar-refractivity contribution is 5.89. The van der Waals surface area contributed by atoms with Gasteiger partial charge in [-0.3, -0.25) is 19.5 Å². The monoisotopic (exact) mass is 608 g/mol. The van der Waals surface area contributed by atoms with Crippen molar-refractivity contribution in [3.63, 3.8) is 0 Å². The van der Waals surface area contributed by atoms with Crippen LogP contribution in [-0.4, -0.2) is 72.6 Å². The Kier molecular flexibility index (Phi) is 11.0. The first kappa shape index (κ1) is 33.0. The number of aromatic nitrogens is 1. The number of nitrogens with zero attached hydrogens (tertiary/aromatic N) is 3. The van der Waals surface area contributed by atoms with E-state index in [4.69, 9.17) is 9.47 Å². The topological polar surface area (TPSA) is 84.0 Å². The summed E-state index contributed by atoms with van der Waals surface area (Å²) in [6.07, 6.45) is 2.07. The number of piperazine rings is 1. The summed E-state index contributed by atoms with van der Waals surface area (Å²) in [5, 5.41) is 3.00. The second kappa shape index (κ2) is 14.7. The highest BCUT2D eigenvalue weighted by Gasteiger charge is 2.42. The molecular formula is C34H42F2N4O4. The zero-order valence-corrected chi connectivity index (χ0v) is 26.3. The Morgan fingerprint density at radius 2 is 1.80 bits per heavy atom. The third kappa shape index (κ3) is 7.42. The minimum Gasteiger partial charge on any atom is -0.497 e. The maximum atomic E-state index is 15.3. The minimum atomic E-state index is -0.795. The van der Waals surface area contributed by atoms with Gasteiger partial charge in [0, 0.05) is 57.1 Å². The Morgan fingerprint density at radius 1 is 1.07 bits per heavy atom. The molecule has 8 nitrogen and oxygen atoms in total. The average Bonchev–Trinajstić information content (AvgIpc) is 3.01. The first-order chi connectivity index (χ1) is 21.0. The van der Waals surface area contributed by atoms with Crippen molar-refractivity contribution in [3.05, 3.63) is 83.2 Å². The molecular weight excluding hydrogens is 566 g/mol. The van der Waals surface area contributed by atoms with E-state index >= 15 is 4.39 Å². The highest BCUT2D eigenvalue weighted by Crippen LogP contribution is 2.32. The molecule has 236 valence electrons. The molecule has 1 saturated heterocycles. The molecule has 0 spiro atoms. The van der Waals surface area contributed by atoms with Crippen LogP contribution in [0.2, 0.25) is 0 Å². The van der Waals surface area contributed by atoms with Crippen molar-refractivity contribution in [3.8, 4) is 16.9 Å². The molecule has 1 aliphatic heterocycles. The molecule has 1 N–H and O–H groups in total. The number of aryl methyl sites for hydroxylation is 1. The van der Waals surface area contributed by atoms with Gasteiger partial charge in [-0.15, -0.1) is 0 Å². The number of methoxy groups -OCH3 is 2. The lowest BCUT2D eigenvalue weighted by Gasteiger charge is -2.47. The van der Waals surface area contributed by atoms with Crippen LogP contribution in [0.3, 0.4) is 0 Å². The summed E-state index contributed by atoms with van der Waals surface area (Å²) in [6, 6.07) is 11.9. The van der Waals surface area contributed by atoms with Crippen LogP contribution in [-0.2, 0) is 20.9 Å². The van der Waals surface area contributed by atoms with E-state index in [2.05, 4.69) is 10.3 Å². The standard InChI is InChI=1S/C34H42F2N4O4/c1-21(2)34(42)40-23(4)19-39(29(14-16-43-5)32-31(36)22(3)13-15-37-32)20-30(40)33(41)38-18-24-7-9-25(10-8-24)27-17-26(44-6)11-12-28(27)35/h7-13,15,17,21,23,29-30H,14,16,18-20H2,1-6H3,(H,38,41)/t23-,29-,30-/m1/s1. The smallest absolute Gasteiger partial charge is 0.244 e. The Labute approximate surface area is 258 Å². The first-order valence-electron chi connectivity index (χ1n) is 14.9. The molecule has 0 aliphatic carbocycles. The molecule has 2 aromatic carbocycles. The molecule has 3 aromatic rings. The number of halogens is 2. The number of rotatable bonds is 11. The van der Waals surface area contributed by atoms with Crippen molar-refractivity contribution in [1.82, 2.24) is 20.1 Å². The van der Waals surface area contributed by atoms with Crippen LogP contribution in [0, 0.1) is 24.5 Å². The molecule has 44 heavy (non-hydrogen) atoms. The van der Waals surface area contributed by atoms with Crippen molar-refractivity contribution in [2.24, 2.45) is 5.92 Å². The number of pyridine rings is 1. The zero-order valence-electron chi connectivity index (χ0n) is 26.3. The summed E-state index contributed by atoms with van der Waals surface area (Å²) in [5.74, 6) is -0.900. The maximum absolute atomic E-state index is 15.3. The van der Waals surface area contributed by atoms with Crippen LogP contribution in [0.15, 0.2) is 54.7 Å². The summed E-state index contributed by atoms with van der Waals surface area (Å²) in [7, 11) is 3.12. The lowest BCUT2D eigenvalue weighted by atomic mass is 9.97. The van der Waals surface area contributed by atoms with Crippen molar-refractivity contribution < 1.29 is 27.8 Å². The SMILES string of the molecule is COCC[C@H](c1nccc(C)c1F)N1C[C@@H](C)N(C(=O)C(C)C)[C@@H](C(=O)NCc2ccc(-c3cc(OC)ccc3F)cc2)C1. The van der Waals surface area contributed by atoms with Gasteiger partial charge < -0.3 is 19.7 Å². The van der Waals surface area contributed by atoms with Crippen LogP contribution in [0.1, 0.15) is 50.1 Å². The van der Waals surface area contributed by atoms with Crippen LogP contribution in [0.5, 0.6) is 5.75 Å². The summed E-state index contributed by atoms with van der Waals surface area (Å²) < 4.78 is 40.3. The summed E-state index contributed by atoms with van der Waals surface area (Å²) in [6.45, 7) is 8.51. The molecule has 10 heteroatoms. The Hall–Kier alpha value is -3.89. The predicted molar refractivity (Wildman–Crippen MR) is 165 cm³/mol. The lowest BCUT2D eigenvalue weighted by Crippen LogP contribution is -2.65. The molecule has 1 fully saturated rings. The molecule has 0 radical (unpaired) electrons. The minimum absolute atomic E-state index is 0.115. The summed E-state index contributed by atoms with van der Waals surface area (Å²) >= 11 is 0. The van der Waals surface area contributed by atoms with Crippen molar-refractivity contribution in [1.29, 1.82) is 0 Å². The largest absolute Gasteiger partial charge is 0.497 e. The van der Waals surface area contributed by atoms with Gasteiger partial charge in [0.05, 0.1) is 18.8 Å². The summed E-state index contributed by atoms with van der Waals surface area (Å²) in [5.41, 5.74) is 2.72. The van der Waals surface area contributed by atoms with E-state index in [1.54, 1.807) is 55.5 Å². The molecule has 0 bridgehead atoms.